The molecular formula is C80H106N2O8S. The summed E-state index contributed by atoms with van der Waals surface area (Å²) in [4.78, 5) is 27.9. The summed E-state index contributed by atoms with van der Waals surface area (Å²) in [6.07, 6.45) is 43.9. The minimum Gasteiger partial charge on any atom is -0.494 e. The first kappa shape index (κ1) is 74.5. The van der Waals surface area contributed by atoms with Crippen LogP contribution in [0.4, 0.5) is 0 Å². The van der Waals surface area contributed by atoms with Crippen LogP contribution < -0.4 is 28.4 Å². The third-order valence-electron chi connectivity index (χ3n) is 16.3. The highest BCUT2D eigenvalue weighted by Gasteiger charge is 2.22. The summed E-state index contributed by atoms with van der Waals surface area (Å²) in [5.74, 6) is 14.2. The van der Waals surface area contributed by atoms with Crippen LogP contribution in [0.15, 0.2) is 84.9 Å². The topological polar surface area (TPSA) is 137 Å². The van der Waals surface area contributed by atoms with Gasteiger partial charge in [-0.15, -0.1) is 11.3 Å². The second-order valence-electron chi connectivity index (χ2n) is 24.1. The molecule has 0 aliphatic rings. The third-order valence-corrected chi connectivity index (χ3v) is 17.3. The lowest BCUT2D eigenvalue weighted by atomic mass is 10.1. The maximum Gasteiger partial charge on any atom is 0.343 e. The maximum absolute atomic E-state index is 14.2. The van der Waals surface area contributed by atoms with Crippen molar-refractivity contribution in [2.75, 3.05) is 26.4 Å². The fraction of sp³-hybridized carbons (Fsp3) is 0.550. The Kier molecular flexibility index (Phi) is 39.1. The van der Waals surface area contributed by atoms with Gasteiger partial charge in [0.15, 0.2) is 11.5 Å². The molecule has 1 aromatic heterocycles. The van der Waals surface area contributed by atoms with Crippen molar-refractivity contribution in [2.45, 2.75) is 259 Å². The number of carbonyl (C=O) groups is 2. The number of nitriles is 2. The molecule has 0 aliphatic carbocycles. The molecule has 91 heavy (non-hydrogen) atoms. The zero-order valence-corrected chi connectivity index (χ0v) is 56.8. The van der Waals surface area contributed by atoms with Crippen LogP contribution >= 0.6 is 11.3 Å². The quantitative estimate of drug-likeness (QED) is 0.0160. The van der Waals surface area contributed by atoms with E-state index in [0.717, 1.165) is 51.4 Å². The highest BCUT2D eigenvalue weighted by atomic mass is 32.1. The molecule has 1 heterocycles. The molecule has 5 rings (SSSR count). The Hall–Kier alpha value is -7.18. The van der Waals surface area contributed by atoms with E-state index in [4.69, 9.17) is 28.4 Å². The predicted molar refractivity (Wildman–Crippen MR) is 372 cm³/mol. The number of hydrogen-bond donors (Lipinski definition) is 0. The molecule has 0 saturated heterocycles. The van der Waals surface area contributed by atoms with Crippen LogP contribution in [-0.2, 0) is 0 Å². The summed E-state index contributed by atoms with van der Waals surface area (Å²) in [6, 6.07) is 28.4. The van der Waals surface area contributed by atoms with Gasteiger partial charge < -0.3 is 28.4 Å². The Bertz CT molecular complexity index is 2990. The van der Waals surface area contributed by atoms with Crippen molar-refractivity contribution >= 4 is 23.3 Å². The molecule has 0 N–H and O–H groups in total. The van der Waals surface area contributed by atoms with Crippen LogP contribution in [0.5, 0.6) is 34.5 Å². The number of thiophene rings is 1. The van der Waals surface area contributed by atoms with Crippen molar-refractivity contribution in [1.82, 2.24) is 0 Å². The predicted octanol–water partition coefficient (Wildman–Crippen LogP) is 22.4. The van der Waals surface area contributed by atoms with E-state index in [0.29, 0.717) is 92.9 Å². The van der Waals surface area contributed by atoms with Gasteiger partial charge in [-0.05, 0) is 122 Å². The van der Waals surface area contributed by atoms with Crippen molar-refractivity contribution in [1.29, 1.82) is 10.5 Å². The number of esters is 2. The Morgan fingerprint density at radius 3 is 0.978 bits per heavy atom. The van der Waals surface area contributed by atoms with Gasteiger partial charge in [0.25, 0.3) is 0 Å². The van der Waals surface area contributed by atoms with Crippen LogP contribution in [0.1, 0.15) is 312 Å². The zero-order valence-electron chi connectivity index (χ0n) is 55.9. The molecule has 0 unspecified atom stereocenters. The van der Waals surface area contributed by atoms with Gasteiger partial charge in [0.2, 0.25) is 5.75 Å². The Labute approximate surface area is 552 Å². The average Bonchev–Trinajstić information content (AvgIpc) is 2.06. The number of hydrogen-bond acceptors (Lipinski definition) is 11. The Morgan fingerprint density at radius 1 is 0.341 bits per heavy atom. The van der Waals surface area contributed by atoms with Crippen LogP contribution in [0.25, 0.3) is 0 Å². The summed E-state index contributed by atoms with van der Waals surface area (Å²) < 4.78 is 37.2. The normalized spacial score (nSPS) is 10.7. The van der Waals surface area contributed by atoms with E-state index in [1.807, 2.05) is 0 Å². The molecule has 10 nitrogen and oxygen atoms in total. The molecule has 0 radical (unpaired) electrons. The van der Waals surface area contributed by atoms with Crippen molar-refractivity contribution in [2.24, 2.45) is 0 Å². The minimum absolute atomic E-state index is 0.156. The van der Waals surface area contributed by atoms with E-state index in [9.17, 15) is 20.1 Å². The fourth-order valence-corrected chi connectivity index (χ4v) is 11.6. The van der Waals surface area contributed by atoms with Crippen LogP contribution in [-0.4, -0.2) is 38.4 Å². The van der Waals surface area contributed by atoms with Gasteiger partial charge >= 0.3 is 11.9 Å². The van der Waals surface area contributed by atoms with E-state index in [1.54, 1.807) is 84.9 Å². The van der Waals surface area contributed by atoms with Gasteiger partial charge in [-0.3, -0.25) is 0 Å². The van der Waals surface area contributed by atoms with Crippen LogP contribution in [0.2, 0.25) is 0 Å². The SMILES string of the molecule is CCCCCCCCCCCCOc1cc(C(=O)Oc2ccc(C#Cc3sc(C#Cc4ccc(OC(=O)c5ccc(OCCCCCCCC)cc5)cc4)c(C#N)c3C#N)cc2)cc(OCCCCCCCCCCCC)c1OCCCCCCCCCCCC. The molecule has 0 saturated carbocycles. The number of rotatable bonds is 48. The second kappa shape index (κ2) is 47.7. The molecule has 0 atom stereocenters. The third kappa shape index (κ3) is 30.7. The molecular weight excluding hydrogens is 1150 g/mol. The smallest absolute Gasteiger partial charge is 0.343 e. The molecule has 0 aliphatic heterocycles. The molecule has 0 fully saturated rings. The number of nitrogens with zero attached hydrogens (tertiary/aromatic N) is 2. The summed E-state index contributed by atoms with van der Waals surface area (Å²) in [5, 5.41) is 20.3. The van der Waals surface area contributed by atoms with Crippen LogP contribution in [0, 0.1) is 46.3 Å². The van der Waals surface area contributed by atoms with E-state index in [2.05, 4.69) is 63.5 Å². The number of unbranched alkanes of at least 4 members (excludes halogenated alkanes) is 32. The first-order valence-corrected chi connectivity index (χ1v) is 36.1. The molecule has 5 aromatic rings. The molecule has 490 valence electrons. The highest BCUT2D eigenvalue weighted by molar-refractivity contribution is 7.13. The molecule has 4 aromatic carbocycles. The number of benzene rings is 4. The van der Waals surface area contributed by atoms with Gasteiger partial charge in [-0.1, -0.05) is 245 Å². The van der Waals surface area contributed by atoms with Crippen molar-refractivity contribution < 1.29 is 38.0 Å². The van der Waals surface area contributed by atoms with E-state index >= 15 is 0 Å². The fourth-order valence-electron chi connectivity index (χ4n) is 10.7. The lowest BCUT2D eigenvalue weighted by Gasteiger charge is -2.19. The van der Waals surface area contributed by atoms with Crippen LogP contribution in [0.3, 0.4) is 0 Å². The number of ether oxygens (including phenoxy) is 6. The van der Waals surface area contributed by atoms with Gasteiger partial charge in [-0.25, -0.2) is 9.59 Å². The largest absolute Gasteiger partial charge is 0.494 e. The average molecular weight is 1260 g/mol. The Morgan fingerprint density at radius 2 is 0.637 bits per heavy atom. The second-order valence-corrected chi connectivity index (χ2v) is 25.1. The monoisotopic (exact) mass is 1250 g/mol. The van der Waals surface area contributed by atoms with Gasteiger partial charge in [0.1, 0.15) is 29.4 Å². The molecule has 0 amide bonds. The minimum atomic E-state index is -0.552. The lowest BCUT2D eigenvalue weighted by Crippen LogP contribution is -2.12. The summed E-state index contributed by atoms with van der Waals surface area (Å²) in [5.41, 5.74) is 2.26. The van der Waals surface area contributed by atoms with E-state index in [-0.39, 0.29) is 11.1 Å². The van der Waals surface area contributed by atoms with Crippen molar-refractivity contribution in [3.63, 3.8) is 0 Å². The maximum atomic E-state index is 14.2. The molecule has 0 spiro atoms. The van der Waals surface area contributed by atoms with Crippen molar-refractivity contribution in [3.05, 3.63) is 128 Å². The Balaban J connectivity index is 1.24. The lowest BCUT2D eigenvalue weighted by molar-refractivity contribution is 0.0724. The van der Waals surface area contributed by atoms with Crippen molar-refractivity contribution in [3.8, 4) is 70.3 Å². The first-order valence-electron chi connectivity index (χ1n) is 35.2. The summed E-state index contributed by atoms with van der Waals surface area (Å²) in [6.45, 7) is 11.2. The summed E-state index contributed by atoms with van der Waals surface area (Å²) in [7, 11) is 0. The van der Waals surface area contributed by atoms with Gasteiger partial charge in [0, 0.05) is 11.1 Å². The zero-order chi connectivity index (χ0) is 64.6. The molecule has 11 heteroatoms. The van der Waals surface area contributed by atoms with Gasteiger partial charge in [0.05, 0.1) is 58.4 Å². The van der Waals surface area contributed by atoms with E-state index < -0.39 is 11.9 Å². The summed E-state index contributed by atoms with van der Waals surface area (Å²) >= 11 is 1.17. The van der Waals surface area contributed by atoms with E-state index in [1.165, 1.54) is 191 Å². The first-order chi connectivity index (χ1) is 44.8. The molecule has 0 bridgehead atoms. The highest BCUT2D eigenvalue weighted by Crippen LogP contribution is 2.40. The van der Waals surface area contributed by atoms with Gasteiger partial charge in [-0.2, -0.15) is 10.5 Å². The standard InChI is InChI=1S/C80H106N2O8S/c1-5-9-13-17-21-24-27-30-34-38-58-86-74-61-68(62-75(87-59-39-35-31-28-25-22-18-14-10-6-2)78(74)88-60-40-36-32-29-26-23-19-15-11-7-3)80(84)90-71-51-43-66(44-52-71)46-56-77-73(64-82)72(63-81)76(91-77)55-45-65-41-49-70(50-42-65)89-79(83)67-47-53-69(54-48-67)85-57-37-33-20-16-12-8-4/h41-44,47-54,61-62H,5-40,57-60H2,1-4H3. The number of carbonyl (C=O) groups excluding carboxylic acids is 2.